The molecule has 1 aromatic heterocycles. The van der Waals surface area contributed by atoms with E-state index >= 15 is 0 Å². The second kappa shape index (κ2) is 5.57. The quantitative estimate of drug-likeness (QED) is 0.944. The molecule has 0 aliphatic heterocycles. The highest BCUT2D eigenvalue weighted by molar-refractivity contribution is 9.10. The van der Waals surface area contributed by atoms with Gasteiger partial charge in [0.05, 0.1) is 17.8 Å². The van der Waals surface area contributed by atoms with Gasteiger partial charge in [-0.05, 0) is 41.9 Å². The average Bonchev–Trinajstić information content (AvgIpc) is 2.59. The van der Waals surface area contributed by atoms with Crippen LogP contribution in [0.4, 0.5) is 5.69 Å². The molecule has 0 bridgehead atoms. The molecule has 4 nitrogen and oxygen atoms in total. The van der Waals surface area contributed by atoms with Crippen LogP contribution >= 0.6 is 15.9 Å². The van der Waals surface area contributed by atoms with Crippen LogP contribution in [0.3, 0.4) is 0 Å². The summed E-state index contributed by atoms with van der Waals surface area (Å²) in [5, 5.41) is 7.22. The van der Waals surface area contributed by atoms with Crippen LogP contribution < -0.4 is 5.32 Å². The molecule has 0 radical (unpaired) electrons. The van der Waals surface area contributed by atoms with E-state index in [1.807, 2.05) is 45.2 Å². The molecule has 0 atom stereocenters. The third kappa shape index (κ3) is 3.04. The zero-order chi connectivity index (χ0) is 14.0. The highest BCUT2D eigenvalue weighted by Gasteiger charge is 2.14. The zero-order valence-corrected chi connectivity index (χ0v) is 12.8. The van der Waals surface area contributed by atoms with Gasteiger partial charge < -0.3 is 5.32 Å². The topological polar surface area (TPSA) is 46.9 Å². The Morgan fingerprint density at radius 3 is 2.63 bits per heavy atom. The van der Waals surface area contributed by atoms with E-state index in [1.165, 1.54) is 0 Å². The number of aryl methyl sites for hydroxylation is 2. The molecule has 1 amide bonds. The summed E-state index contributed by atoms with van der Waals surface area (Å²) in [4.78, 5) is 12.1. The van der Waals surface area contributed by atoms with Gasteiger partial charge in [-0.25, -0.2) is 0 Å². The summed E-state index contributed by atoms with van der Waals surface area (Å²) < 4.78 is 2.68. The lowest BCUT2D eigenvalue weighted by atomic mass is 10.1. The predicted molar refractivity (Wildman–Crippen MR) is 79.2 cm³/mol. The molecule has 0 aliphatic carbocycles. The number of halogens is 1. The van der Waals surface area contributed by atoms with Gasteiger partial charge in [0.25, 0.3) is 0 Å². The van der Waals surface area contributed by atoms with Gasteiger partial charge in [0.15, 0.2) is 0 Å². The molecule has 1 heterocycles. The molecule has 19 heavy (non-hydrogen) atoms. The van der Waals surface area contributed by atoms with Crippen molar-refractivity contribution in [1.29, 1.82) is 0 Å². The Kier molecular flexibility index (Phi) is 4.04. The number of aromatic nitrogens is 2. The fourth-order valence-corrected chi connectivity index (χ4v) is 2.37. The van der Waals surface area contributed by atoms with E-state index in [4.69, 9.17) is 0 Å². The van der Waals surface area contributed by atoms with Crippen molar-refractivity contribution < 1.29 is 4.79 Å². The highest BCUT2D eigenvalue weighted by Crippen LogP contribution is 2.21. The fraction of sp³-hybridized carbons (Fsp3) is 0.286. The number of carbonyl (C=O) groups is 1. The maximum Gasteiger partial charge on any atom is 0.228 e. The molecule has 5 heteroatoms. The Labute approximate surface area is 120 Å². The first-order chi connectivity index (χ1) is 8.99. The number of anilines is 1. The van der Waals surface area contributed by atoms with E-state index in [0.717, 1.165) is 27.1 Å². The molecular weight excluding hydrogens is 306 g/mol. The number of hydrogen-bond donors (Lipinski definition) is 1. The molecule has 2 rings (SSSR count). The van der Waals surface area contributed by atoms with E-state index in [9.17, 15) is 4.79 Å². The lowest BCUT2D eigenvalue weighted by Crippen LogP contribution is -2.15. The lowest BCUT2D eigenvalue weighted by molar-refractivity contribution is -0.115. The van der Waals surface area contributed by atoms with Crippen LogP contribution in [0.5, 0.6) is 0 Å². The minimum absolute atomic E-state index is 0.0360. The summed E-state index contributed by atoms with van der Waals surface area (Å²) in [7, 11) is 1.89. The number of amides is 1. The largest absolute Gasteiger partial charge is 0.325 e. The van der Waals surface area contributed by atoms with Crippen LogP contribution in [-0.4, -0.2) is 15.7 Å². The van der Waals surface area contributed by atoms with Crippen molar-refractivity contribution in [3.8, 4) is 0 Å². The van der Waals surface area contributed by atoms with Crippen molar-refractivity contribution in [2.24, 2.45) is 7.05 Å². The monoisotopic (exact) mass is 321 g/mol. The molecule has 2 aromatic rings. The molecule has 0 saturated heterocycles. The smallest absolute Gasteiger partial charge is 0.228 e. The number of hydrogen-bond acceptors (Lipinski definition) is 2. The number of carbonyl (C=O) groups excluding carboxylic acids is 1. The van der Waals surface area contributed by atoms with E-state index in [-0.39, 0.29) is 5.91 Å². The number of para-hydroxylation sites is 1. The van der Waals surface area contributed by atoms with Crippen molar-refractivity contribution in [3.63, 3.8) is 0 Å². The summed E-state index contributed by atoms with van der Waals surface area (Å²) in [5.74, 6) is -0.0360. The fourth-order valence-electron chi connectivity index (χ4n) is 1.99. The maximum atomic E-state index is 12.1. The van der Waals surface area contributed by atoms with Crippen molar-refractivity contribution in [3.05, 3.63) is 45.7 Å². The highest BCUT2D eigenvalue weighted by atomic mass is 79.9. The van der Waals surface area contributed by atoms with Crippen molar-refractivity contribution in [2.45, 2.75) is 20.3 Å². The predicted octanol–water partition coefficient (Wildman–Crippen LogP) is 2.98. The molecule has 0 aliphatic rings. The van der Waals surface area contributed by atoms with Gasteiger partial charge >= 0.3 is 0 Å². The standard InChI is InChI=1S/C14H16BrN3O/c1-9-11(10(2)18(3)17-9)8-14(19)16-13-7-5-4-6-12(13)15/h4-7H,8H2,1-3H3,(H,16,19). The number of nitrogens with zero attached hydrogens (tertiary/aromatic N) is 2. The van der Waals surface area contributed by atoms with Gasteiger partial charge in [-0.15, -0.1) is 0 Å². The summed E-state index contributed by atoms with van der Waals surface area (Å²) in [6.07, 6.45) is 0.340. The Hall–Kier alpha value is -1.62. The van der Waals surface area contributed by atoms with Crippen molar-refractivity contribution in [1.82, 2.24) is 9.78 Å². The molecule has 1 aromatic carbocycles. The molecule has 100 valence electrons. The van der Waals surface area contributed by atoms with Crippen LogP contribution in [0.2, 0.25) is 0 Å². The third-order valence-electron chi connectivity index (χ3n) is 3.14. The van der Waals surface area contributed by atoms with Gasteiger partial charge in [-0.1, -0.05) is 12.1 Å². The Bertz CT molecular complexity index is 619. The van der Waals surface area contributed by atoms with Crippen LogP contribution in [0, 0.1) is 13.8 Å². The molecule has 1 N–H and O–H groups in total. The Morgan fingerprint density at radius 2 is 2.05 bits per heavy atom. The summed E-state index contributed by atoms with van der Waals surface area (Å²) in [6.45, 7) is 3.90. The lowest BCUT2D eigenvalue weighted by Gasteiger charge is -2.07. The molecule has 0 fully saturated rings. The number of benzene rings is 1. The SMILES string of the molecule is Cc1nn(C)c(C)c1CC(=O)Nc1ccccc1Br. The summed E-state index contributed by atoms with van der Waals surface area (Å²) in [5.41, 5.74) is 3.71. The summed E-state index contributed by atoms with van der Waals surface area (Å²) in [6, 6.07) is 7.57. The van der Waals surface area contributed by atoms with Crippen LogP contribution in [0.1, 0.15) is 17.0 Å². The van der Waals surface area contributed by atoms with Gasteiger partial charge in [-0.3, -0.25) is 9.48 Å². The Balaban J connectivity index is 2.12. The Morgan fingerprint density at radius 1 is 1.37 bits per heavy atom. The second-order valence-electron chi connectivity index (χ2n) is 4.48. The number of nitrogens with one attached hydrogen (secondary N) is 1. The molecular formula is C14H16BrN3O. The molecule has 0 spiro atoms. The van der Waals surface area contributed by atoms with E-state index in [1.54, 1.807) is 4.68 Å². The van der Waals surface area contributed by atoms with Crippen LogP contribution in [-0.2, 0) is 18.3 Å². The maximum absolute atomic E-state index is 12.1. The van der Waals surface area contributed by atoms with Gasteiger partial charge in [0, 0.05) is 22.8 Å². The van der Waals surface area contributed by atoms with Gasteiger partial charge in [0.2, 0.25) is 5.91 Å². The van der Waals surface area contributed by atoms with E-state index < -0.39 is 0 Å². The first kappa shape index (κ1) is 13.8. The van der Waals surface area contributed by atoms with Crippen LogP contribution in [0.15, 0.2) is 28.7 Å². The van der Waals surface area contributed by atoms with Crippen molar-refractivity contribution in [2.75, 3.05) is 5.32 Å². The third-order valence-corrected chi connectivity index (χ3v) is 3.84. The second-order valence-corrected chi connectivity index (χ2v) is 5.33. The van der Waals surface area contributed by atoms with Crippen LogP contribution in [0.25, 0.3) is 0 Å². The van der Waals surface area contributed by atoms with E-state index in [0.29, 0.717) is 6.42 Å². The van der Waals surface area contributed by atoms with E-state index in [2.05, 4.69) is 26.3 Å². The first-order valence-electron chi connectivity index (χ1n) is 6.02. The first-order valence-corrected chi connectivity index (χ1v) is 6.81. The van der Waals surface area contributed by atoms with Gasteiger partial charge in [-0.2, -0.15) is 5.10 Å². The zero-order valence-electron chi connectivity index (χ0n) is 11.2. The van der Waals surface area contributed by atoms with Gasteiger partial charge in [0.1, 0.15) is 0 Å². The minimum Gasteiger partial charge on any atom is -0.325 e. The molecule has 0 saturated carbocycles. The molecule has 0 unspecified atom stereocenters. The summed E-state index contributed by atoms with van der Waals surface area (Å²) >= 11 is 3.41. The number of rotatable bonds is 3. The van der Waals surface area contributed by atoms with Crippen molar-refractivity contribution >= 4 is 27.5 Å². The normalized spacial score (nSPS) is 10.5. The average molecular weight is 322 g/mol. The minimum atomic E-state index is -0.0360.